The molecule has 1 spiro atoms. The molecule has 0 bridgehead atoms. The average molecular weight is 539 g/mol. The third kappa shape index (κ3) is 3.12. The quantitative estimate of drug-likeness (QED) is 0.326. The molecule has 5 aromatic rings. The number of hydrogen-bond donors (Lipinski definition) is 0. The van der Waals surface area contributed by atoms with E-state index in [1.807, 2.05) is 31.2 Å². The number of aromatic nitrogens is 2. The van der Waals surface area contributed by atoms with Gasteiger partial charge < -0.3 is 9.32 Å². The van der Waals surface area contributed by atoms with Gasteiger partial charge in [0.25, 0.3) is 11.8 Å². The largest absolute Gasteiger partial charge is 0.450 e. The van der Waals surface area contributed by atoms with Gasteiger partial charge in [0.05, 0.1) is 23.2 Å². The van der Waals surface area contributed by atoms with Crippen LogP contribution >= 0.6 is 11.3 Å². The highest BCUT2D eigenvalue weighted by Gasteiger charge is 2.66. The van der Waals surface area contributed by atoms with Gasteiger partial charge in [-0.3, -0.25) is 19.3 Å². The van der Waals surface area contributed by atoms with E-state index in [1.54, 1.807) is 36.1 Å². The maximum atomic E-state index is 14.8. The van der Waals surface area contributed by atoms with Crippen LogP contribution in [0.5, 0.6) is 0 Å². The first-order valence-electron chi connectivity index (χ1n) is 12.2. The number of carbonyl (C=O) groups is 2. The number of amides is 2. The Labute approximate surface area is 224 Å². The molecular formula is C29H19FN4O4S. The van der Waals surface area contributed by atoms with Crippen LogP contribution in [0, 0.1) is 19.7 Å². The third-order valence-electron chi connectivity index (χ3n) is 7.22. The summed E-state index contributed by atoms with van der Waals surface area (Å²) in [6, 6.07) is 18.3. The molecule has 192 valence electrons. The normalized spacial score (nSPS) is 17.9. The van der Waals surface area contributed by atoms with Gasteiger partial charge in [-0.1, -0.05) is 59.4 Å². The summed E-state index contributed by atoms with van der Waals surface area (Å²) < 4.78 is 20.2. The molecule has 4 heterocycles. The zero-order chi connectivity index (χ0) is 27.1. The minimum Gasteiger partial charge on any atom is -0.450 e. The predicted molar refractivity (Wildman–Crippen MR) is 143 cm³/mol. The number of nitrogens with zero attached hydrogens (tertiary/aromatic N) is 4. The summed E-state index contributed by atoms with van der Waals surface area (Å²) in [5, 5.41) is 8.93. The molecular weight excluding hydrogens is 519 g/mol. The van der Waals surface area contributed by atoms with Crippen molar-refractivity contribution in [3.63, 3.8) is 0 Å². The van der Waals surface area contributed by atoms with Crippen LogP contribution in [0.1, 0.15) is 37.8 Å². The highest BCUT2D eigenvalue weighted by atomic mass is 32.1. The highest BCUT2D eigenvalue weighted by Crippen LogP contribution is 2.54. The molecule has 0 aliphatic carbocycles. The van der Waals surface area contributed by atoms with E-state index >= 15 is 0 Å². The Morgan fingerprint density at radius 2 is 1.79 bits per heavy atom. The van der Waals surface area contributed by atoms with Crippen molar-refractivity contribution in [1.29, 1.82) is 0 Å². The fourth-order valence-electron chi connectivity index (χ4n) is 5.66. The van der Waals surface area contributed by atoms with Crippen molar-refractivity contribution in [3.05, 3.63) is 116 Å². The van der Waals surface area contributed by atoms with Crippen molar-refractivity contribution in [2.45, 2.75) is 25.9 Å². The molecule has 1 unspecified atom stereocenters. The lowest BCUT2D eigenvalue weighted by atomic mass is 9.84. The Hall–Kier alpha value is -4.70. The van der Waals surface area contributed by atoms with E-state index in [-0.39, 0.29) is 34.0 Å². The van der Waals surface area contributed by atoms with Crippen molar-refractivity contribution < 1.29 is 18.4 Å². The van der Waals surface area contributed by atoms with E-state index in [4.69, 9.17) is 4.42 Å². The van der Waals surface area contributed by atoms with Gasteiger partial charge in [0.1, 0.15) is 16.4 Å². The zero-order valence-electron chi connectivity index (χ0n) is 20.8. The van der Waals surface area contributed by atoms with Crippen LogP contribution in [-0.2, 0) is 16.9 Å². The van der Waals surface area contributed by atoms with E-state index in [9.17, 15) is 18.8 Å². The average Bonchev–Trinajstić information content (AvgIpc) is 3.53. The molecule has 8 nitrogen and oxygen atoms in total. The van der Waals surface area contributed by atoms with E-state index in [0.29, 0.717) is 16.3 Å². The van der Waals surface area contributed by atoms with Gasteiger partial charge in [-0.25, -0.2) is 4.39 Å². The molecule has 2 aliphatic rings. The minimum absolute atomic E-state index is 0.0503. The molecule has 39 heavy (non-hydrogen) atoms. The number of rotatable bonds is 3. The first-order chi connectivity index (χ1) is 18.8. The van der Waals surface area contributed by atoms with Crippen LogP contribution < -0.4 is 15.2 Å². The van der Waals surface area contributed by atoms with Crippen LogP contribution in [0.2, 0.25) is 0 Å². The summed E-state index contributed by atoms with van der Waals surface area (Å²) in [4.78, 5) is 45.8. The fraction of sp³-hybridized carbons (Fsp3) is 0.138. The second-order valence-corrected chi connectivity index (χ2v) is 10.8. The van der Waals surface area contributed by atoms with Gasteiger partial charge in [0.2, 0.25) is 10.9 Å². The molecule has 2 amide bonds. The maximum Gasteiger partial charge on any atom is 0.297 e. The maximum absolute atomic E-state index is 14.8. The Bertz CT molecular complexity index is 1930. The van der Waals surface area contributed by atoms with Crippen LogP contribution in [0.3, 0.4) is 0 Å². The lowest BCUT2D eigenvalue weighted by Crippen LogP contribution is -2.53. The molecule has 3 aromatic carbocycles. The Morgan fingerprint density at radius 1 is 0.974 bits per heavy atom. The number of carbonyl (C=O) groups excluding carboxylic acids is 2. The van der Waals surface area contributed by atoms with Gasteiger partial charge >= 0.3 is 0 Å². The summed E-state index contributed by atoms with van der Waals surface area (Å²) in [6.07, 6.45) is 0. The Kier molecular flexibility index (Phi) is 4.89. The first kappa shape index (κ1) is 23.4. The van der Waals surface area contributed by atoms with Crippen LogP contribution in [0.25, 0.3) is 11.0 Å². The number of anilines is 2. The number of hydrogen-bond acceptors (Lipinski definition) is 7. The summed E-state index contributed by atoms with van der Waals surface area (Å²) in [7, 11) is 0. The third-order valence-corrected chi connectivity index (χ3v) is 8.04. The lowest BCUT2D eigenvalue weighted by Gasteiger charge is -2.32. The number of fused-ring (bicyclic) bond motifs is 5. The van der Waals surface area contributed by atoms with E-state index in [1.165, 1.54) is 11.0 Å². The molecule has 1 atom stereocenters. The van der Waals surface area contributed by atoms with Crippen LogP contribution in [0.4, 0.5) is 15.2 Å². The summed E-state index contributed by atoms with van der Waals surface area (Å²) in [5.41, 5.74) is 0.245. The molecule has 0 N–H and O–H groups in total. The van der Waals surface area contributed by atoms with Gasteiger partial charge in [0, 0.05) is 5.56 Å². The SMILES string of the molecule is Cc1cccc(CN2C(=O)C3(c4ccccc42)c2c(oc4ccc(F)cc4c2=O)C(=O)N3c2nnc(C)s2)c1. The lowest BCUT2D eigenvalue weighted by molar-refractivity contribution is -0.121. The van der Waals surface area contributed by atoms with Crippen molar-refractivity contribution in [1.82, 2.24) is 10.2 Å². The molecule has 0 saturated heterocycles. The second kappa shape index (κ2) is 8.15. The Morgan fingerprint density at radius 3 is 2.56 bits per heavy atom. The fourth-order valence-corrected chi connectivity index (χ4v) is 6.40. The van der Waals surface area contributed by atoms with Crippen LogP contribution in [-0.4, -0.2) is 22.0 Å². The van der Waals surface area contributed by atoms with Gasteiger partial charge in [-0.15, -0.1) is 10.2 Å². The van der Waals surface area contributed by atoms with Crippen molar-refractivity contribution >= 4 is 44.9 Å². The topological polar surface area (TPSA) is 96.6 Å². The van der Waals surface area contributed by atoms with Gasteiger partial charge in [-0.2, -0.15) is 0 Å². The predicted octanol–water partition coefficient (Wildman–Crippen LogP) is 4.85. The van der Waals surface area contributed by atoms with E-state index < -0.39 is 28.6 Å². The number of aryl methyl sites for hydroxylation is 2. The van der Waals surface area contributed by atoms with Gasteiger partial charge in [-0.05, 0) is 43.7 Å². The monoisotopic (exact) mass is 538 g/mol. The highest BCUT2D eigenvalue weighted by molar-refractivity contribution is 7.15. The smallest absolute Gasteiger partial charge is 0.297 e. The first-order valence-corrected chi connectivity index (χ1v) is 13.0. The van der Waals surface area contributed by atoms with E-state index in [0.717, 1.165) is 34.6 Å². The number of halogens is 1. The summed E-state index contributed by atoms with van der Waals surface area (Å²) in [6.45, 7) is 3.90. The molecule has 2 aliphatic heterocycles. The molecule has 0 saturated carbocycles. The molecule has 0 fully saturated rings. The van der Waals surface area contributed by atoms with Crippen molar-refractivity contribution in [2.75, 3.05) is 9.80 Å². The molecule has 10 heteroatoms. The zero-order valence-corrected chi connectivity index (χ0v) is 21.6. The summed E-state index contributed by atoms with van der Waals surface area (Å²) in [5.74, 6) is -2.10. The molecule has 0 radical (unpaired) electrons. The van der Waals surface area contributed by atoms with Crippen LogP contribution in [0.15, 0.2) is 75.9 Å². The Balaban J connectivity index is 1.56. The number of benzene rings is 3. The van der Waals surface area contributed by atoms with E-state index in [2.05, 4.69) is 10.2 Å². The van der Waals surface area contributed by atoms with Crippen molar-refractivity contribution in [3.8, 4) is 0 Å². The standard InChI is InChI=1S/C29H19FN4O4S/c1-15-6-5-7-17(12-15)14-33-21-9-4-3-8-20(21)29(27(33)37)23-24(35)19-13-18(30)10-11-22(19)38-25(23)26(36)34(29)28-32-31-16(2)39-28/h3-13H,14H2,1-2H3. The molecule has 2 aromatic heterocycles. The van der Waals surface area contributed by atoms with Gasteiger partial charge in [0.15, 0.2) is 11.0 Å². The summed E-state index contributed by atoms with van der Waals surface area (Å²) >= 11 is 1.13. The molecule has 7 rings (SSSR count). The number of para-hydroxylation sites is 1. The second-order valence-electron chi connectivity index (χ2n) is 9.63. The van der Waals surface area contributed by atoms with Crippen molar-refractivity contribution in [2.24, 2.45) is 0 Å². The minimum atomic E-state index is -1.90.